The van der Waals surface area contributed by atoms with Crippen molar-refractivity contribution in [2.24, 2.45) is 5.41 Å². The quantitative estimate of drug-likeness (QED) is 0.548. The van der Waals surface area contributed by atoms with E-state index in [1.807, 2.05) is 0 Å². The minimum Gasteiger partial charge on any atom is -0.395 e. The average molecular weight is 138 g/mol. The predicted octanol–water partition coefficient (Wildman–Crippen LogP) is 1.89. The van der Waals surface area contributed by atoms with E-state index in [0.29, 0.717) is 0 Å². The summed E-state index contributed by atoms with van der Waals surface area (Å²) in [5.41, 5.74) is 1.19. The summed E-state index contributed by atoms with van der Waals surface area (Å²) in [6.07, 6.45) is 7.36. The second-order valence-corrected chi connectivity index (χ2v) is 3.10. The van der Waals surface area contributed by atoms with Gasteiger partial charge in [0.25, 0.3) is 0 Å². The van der Waals surface area contributed by atoms with Crippen molar-refractivity contribution in [1.82, 2.24) is 0 Å². The van der Waals surface area contributed by atoms with E-state index >= 15 is 0 Å². The topological polar surface area (TPSA) is 20.2 Å². The molecule has 1 aliphatic carbocycles. The molecular formula is C9H14O. The Hall–Kier alpha value is -0.560. The highest BCUT2D eigenvalue weighted by atomic mass is 16.3. The smallest absolute Gasteiger partial charge is 0.0556 e. The van der Waals surface area contributed by atoms with Gasteiger partial charge in [0, 0.05) is 5.41 Å². The second kappa shape index (κ2) is 2.59. The number of hydrogen-bond donors (Lipinski definition) is 1. The van der Waals surface area contributed by atoms with Crippen molar-refractivity contribution in [3.8, 4) is 0 Å². The van der Waals surface area contributed by atoms with Crippen LogP contribution in [-0.4, -0.2) is 11.7 Å². The van der Waals surface area contributed by atoms with Crippen molar-refractivity contribution in [1.29, 1.82) is 0 Å². The van der Waals surface area contributed by atoms with E-state index in [4.69, 9.17) is 5.11 Å². The Labute approximate surface area is 62.1 Å². The van der Waals surface area contributed by atoms with E-state index in [0.717, 1.165) is 6.42 Å². The lowest BCUT2D eigenvalue weighted by Gasteiger charge is -2.26. The highest BCUT2D eigenvalue weighted by Crippen LogP contribution is 2.30. The molecule has 0 heterocycles. The van der Waals surface area contributed by atoms with Crippen molar-refractivity contribution < 1.29 is 5.11 Å². The number of hydrogen-bond acceptors (Lipinski definition) is 1. The summed E-state index contributed by atoms with van der Waals surface area (Å²) in [5, 5.41) is 9.03. The van der Waals surface area contributed by atoms with Gasteiger partial charge in [-0.25, -0.2) is 0 Å². The zero-order chi connectivity index (χ0) is 7.61. The third kappa shape index (κ3) is 1.14. The van der Waals surface area contributed by atoms with Gasteiger partial charge in [-0.05, 0) is 13.3 Å². The van der Waals surface area contributed by atoms with Gasteiger partial charge in [-0.15, -0.1) is 0 Å². The van der Waals surface area contributed by atoms with Crippen LogP contribution in [0.5, 0.6) is 0 Å². The van der Waals surface area contributed by atoms with Crippen LogP contribution in [-0.2, 0) is 0 Å². The Morgan fingerprint density at radius 2 is 2.40 bits per heavy atom. The largest absolute Gasteiger partial charge is 0.395 e. The first-order chi connectivity index (χ1) is 4.69. The summed E-state index contributed by atoms with van der Waals surface area (Å²) >= 11 is 0. The lowest BCUT2D eigenvalue weighted by atomic mass is 9.80. The third-order valence-electron chi connectivity index (χ3n) is 2.28. The van der Waals surface area contributed by atoms with E-state index < -0.39 is 0 Å². The van der Waals surface area contributed by atoms with Crippen molar-refractivity contribution >= 4 is 0 Å². The van der Waals surface area contributed by atoms with Gasteiger partial charge in [0.1, 0.15) is 0 Å². The molecular weight excluding hydrogens is 124 g/mol. The first kappa shape index (κ1) is 7.55. The molecule has 0 aromatic rings. The van der Waals surface area contributed by atoms with E-state index in [1.165, 1.54) is 5.57 Å². The Bertz CT molecular complexity index is 179. The molecule has 1 atom stereocenters. The standard InChI is InChI=1S/C9H14O/c1-8-5-3-4-6-9(8,2)7-10/h4-6,10H,3,7H2,1-2H3. The number of aliphatic hydroxyl groups is 1. The molecule has 0 aromatic heterocycles. The van der Waals surface area contributed by atoms with Crippen molar-refractivity contribution in [2.45, 2.75) is 20.3 Å². The number of rotatable bonds is 1. The predicted molar refractivity (Wildman–Crippen MR) is 42.7 cm³/mol. The summed E-state index contributed by atoms with van der Waals surface area (Å²) in [7, 11) is 0. The fourth-order valence-electron chi connectivity index (χ4n) is 1.11. The molecule has 0 bridgehead atoms. The summed E-state index contributed by atoms with van der Waals surface area (Å²) in [5.74, 6) is 0. The molecule has 0 amide bonds. The minimum atomic E-state index is -0.0851. The summed E-state index contributed by atoms with van der Waals surface area (Å²) in [4.78, 5) is 0. The second-order valence-electron chi connectivity index (χ2n) is 3.10. The van der Waals surface area contributed by atoms with Crippen LogP contribution >= 0.6 is 0 Å². The fraction of sp³-hybridized carbons (Fsp3) is 0.556. The van der Waals surface area contributed by atoms with Crippen molar-refractivity contribution in [3.63, 3.8) is 0 Å². The molecule has 0 spiro atoms. The molecule has 0 aromatic carbocycles. The van der Waals surface area contributed by atoms with E-state index in [1.54, 1.807) is 0 Å². The molecule has 1 nitrogen and oxygen atoms in total. The van der Waals surface area contributed by atoms with E-state index in [2.05, 4.69) is 32.1 Å². The van der Waals surface area contributed by atoms with Crippen LogP contribution in [0, 0.1) is 5.41 Å². The van der Waals surface area contributed by atoms with Crippen LogP contribution in [0.15, 0.2) is 23.8 Å². The average Bonchev–Trinajstić information content (AvgIpc) is 1.96. The summed E-state index contributed by atoms with van der Waals surface area (Å²) < 4.78 is 0. The van der Waals surface area contributed by atoms with Gasteiger partial charge in [-0.2, -0.15) is 0 Å². The van der Waals surface area contributed by atoms with Crippen LogP contribution in [0.3, 0.4) is 0 Å². The van der Waals surface area contributed by atoms with E-state index in [-0.39, 0.29) is 12.0 Å². The molecule has 0 radical (unpaired) electrons. The summed E-state index contributed by atoms with van der Waals surface area (Å²) in [6, 6.07) is 0. The monoisotopic (exact) mass is 138 g/mol. The van der Waals surface area contributed by atoms with Crippen LogP contribution in [0.25, 0.3) is 0 Å². The lowest BCUT2D eigenvalue weighted by molar-refractivity contribution is 0.210. The van der Waals surface area contributed by atoms with Crippen molar-refractivity contribution in [2.75, 3.05) is 6.61 Å². The maximum Gasteiger partial charge on any atom is 0.0556 e. The maximum absolute atomic E-state index is 9.03. The molecule has 1 aliphatic rings. The third-order valence-corrected chi connectivity index (χ3v) is 2.28. The highest BCUT2D eigenvalue weighted by molar-refractivity contribution is 5.24. The van der Waals surface area contributed by atoms with Gasteiger partial charge in [0.05, 0.1) is 6.61 Å². The van der Waals surface area contributed by atoms with Gasteiger partial charge < -0.3 is 5.11 Å². The Kier molecular flexibility index (Phi) is 1.95. The summed E-state index contributed by atoms with van der Waals surface area (Å²) in [6.45, 7) is 4.33. The first-order valence-electron chi connectivity index (χ1n) is 3.65. The molecule has 1 rings (SSSR count). The lowest BCUT2D eigenvalue weighted by Crippen LogP contribution is -2.21. The molecule has 56 valence electrons. The number of allylic oxidation sites excluding steroid dienone is 2. The van der Waals surface area contributed by atoms with Gasteiger partial charge in [0.2, 0.25) is 0 Å². The molecule has 1 N–H and O–H groups in total. The van der Waals surface area contributed by atoms with Gasteiger partial charge >= 0.3 is 0 Å². The molecule has 1 heteroatoms. The van der Waals surface area contributed by atoms with Gasteiger partial charge in [0.15, 0.2) is 0 Å². The zero-order valence-electron chi connectivity index (χ0n) is 6.59. The maximum atomic E-state index is 9.03. The van der Waals surface area contributed by atoms with Gasteiger partial charge in [-0.3, -0.25) is 0 Å². The molecule has 0 aliphatic heterocycles. The molecule has 10 heavy (non-hydrogen) atoms. The normalized spacial score (nSPS) is 32.1. The minimum absolute atomic E-state index is 0.0851. The van der Waals surface area contributed by atoms with Crippen molar-refractivity contribution in [3.05, 3.63) is 23.8 Å². The molecule has 0 saturated carbocycles. The fourth-order valence-corrected chi connectivity index (χ4v) is 1.11. The number of aliphatic hydroxyl groups excluding tert-OH is 1. The highest BCUT2D eigenvalue weighted by Gasteiger charge is 2.22. The molecule has 0 saturated heterocycles. The Morgan fingerprint density at radius 3 is 2.80 bits per heavy atom. The van der Waals surface area contributed by atoms with Crippen LogP contribution in [0.4, 0.5) is 0 Å². The van der Waals surface area contributed by atoms with Gasteiger partial charge in [-0.1, -0.05) is 30.7 Å². The SMILES string of the molecule is CC1=CCC=CC1(C)CO. The Balaban J connectivity index is 2.83. The van der Waals surface area contributed by atoms with Crippen LogP contribution < -0.4 is 0 Å². The van der Waals surface area contributed by atoms with Crippen LogP contribution in [0.2, 0.25) is 0 Å². The molecule has 0 fully saturated rings. The van der Waals surface area contributed by atoms with Crippen LogP contribution in [0.1, 0.15) is 20.3 Å². The molecule has 1 unspecified atom stereocenters. The first-order valence-corrected chi connectivity index (χ1v) is 3.65. The van der Waals surface area contributed by atoms with E-state index in [9.17, 15) is 0 Å². The zero-order valence-corrected chi connectivity index (χ0v) is 6.59. The Morgan fingerprint density at radius 1 is 1.70 bits per heavy atom.